The molecule has 2 fully saturated rings. The molecule has 4 N–H and O–H groups in total. The van der Waals surface area contributed by atoms with Gasteiger partial charge < -0.3 is 25.4 Å². The van der Waals surface area contributed by atoms with Crippen LogP contribution in [-0.4, -0.2) is 47.0 Å². The number of rotatable bonds is 6. The van der Waals surface area contributed by atoms with Gasteiger partial charge in [0.25, 0.3) is 0 Å². The minimum Gasteiger partial charge on any atom is -0.399 e. The fourth-order valence-corrected chi connectivity index (χ4v) is 4.34. The summed E-state index contributed by atoms with van der Waals surface area (Å²) >= 11 is 0. The Hall–Kier alpha value is -1.96. The summed E-state index contributed by atoms with van der Waals surface area (Å²) in [5, 5.41) is 19.0. The van der Waals surface area contributed by atoms with E-state index < -0.39 is 6.29 Å². The molecule has 6 nitrogen and oxygen atoms in total. The zero-order valence-corrected chi connectivity index (χ0v) is 16.6. The highest BCUT2D eigenvalue weighted by atomic mass is 16.7. The van der Waals surface area contributed by atoms with Crippen LogP contribution in [0.4, 0.5) is 5.69 Å². The Labute approximate surface area is 171 Å². The predicted octanol–water partition coefficient (Wildman–Crippen LogP) is 2.76. The van der Waals surface area contributed by atoms with Gasteiger partial charge in [-0.05, 0) is 42.6 Å². The summed E-state index contributed by atoms with van der Waals surface area (Å²) in [7, 11) is 0. The fraction of sp³-hybridized carbons (Fsp3) is 0.478. The third kappa shape index (κ3) is 4.79. The molecule has 4 atom stereocenters. The van der Waals surface area contributed by atoms with Crippen LogP contribution in [0.1, 0.15) is 48.3 Å². The average molecular weight is 399 g/mol. The highest BCUT2D eigenvalue weighted by Gasteiger charge is 2.35. The summed E-state index contributed by atoms with van der Waals surface area (Å²) in [6, 6.07) is 15.7. The number of nitrogen functional groups attached to an aromatic ring is 1. The van der Waals surface area contributed by atoms with Crippen LogP contribution in [-0.2, 0) is 16.1 Å². The maximum absolute atomic E-state index is 9.66. The van der Waals surface area contributed by atoms with Crippen molar-refractivity contribution in [3.05, 3.63) is 65.2 Å². The Bertz CT molecular complexity index is 798. The molecule has 0 unspecified atom stereocenters. The Morgan fingerprint density at radius 1 is 1.03 bits per heavy atom. The number of anilines is 1. The molecule has 2 heterocycles. The van der Waals surface area contributed by atoms with Gasteiger partial charge in [0.1, 0.15) is 0 Å². The zero-order valence-electron chi connectivity index (χ0n) is 16.6. The molecule has 6 heteroatoms. The smallest absolute Gasteiger partial charge is 0.185 e. The van der Waals surface area contributed by atoms with Gasteiger partial charge in [0.05, 0.1) is 25.4 Å². The molecule has 2 aliphatic heterocycles. The van der Waals surface area contributed by atoms with Crippen molar-refractivity contribution >= 4 is 5.69 Å². The molecule has 0 saturated carbocycles. The van der Waals surface area contributed by atoms with E-state index in [0.717, 1.165) is 49.0 Å². The van der Waals surface area contributed by atoms with Gasteiger partial charge in [0.2, 0.25) is 0 Å². The lowest BCUT2D eigenvalue weighted by Gasteiger charge is -2.38. The van der Waals surface area contributed by atoms with Crippen molar-refractivity contribution in [2.24, 2.45) is 0 Å². The number of aliphatic hydroxyl groups is 2. The molecule has 0 spiro atoms. The van der Waals surface area contributed by atoms with Gasteiger partial charge >= 0.3 is 0 Å². The van der Waals surface area contributed by atoms with Gasteiger partial charge in [-0.1, -0.05) is 36.4 Å². The van der Waals surface area contributed by atoms with Crippen molar-refractivity contribution in [2.75, 3.05) is 25.4 Å². The lowest BCUT2D eigenvalue weighted by Crippen LogP contribution is -2.42. The third-order valence-electron chi connectivity index (χ3n) is 5.95. The number of ether oxygens (including phenoxy) is 2. The molecule has 0 aliphatic carbocycles. The number of nitrogens with zero attached hydrogens (tertiary/aromatic N) is 1. The third-order valence-corrected chi connectivity index (χ3v) is 5.95. The largest absolute Gasteiger partial charge is 0.399 e. The summed E-state index contributed by atoms with van der Waals surface area (Å²) in [5.41, 5.74) is 9.52. The van der Waals surface area contributed by atoms with Crippen LogP contribution in [0.25, 0.3) is 0 Å². The molecular formula is C23H30N2O4. The van der Waals surface area contributed by atoms with Gasteiger partial charge in [-0.2, -0.15) is 0 Å². The van der Waals surface area contributed by atoms with Crippen molar-refractivity contribution in [1.29, 1.82) is 0 Å². The van der Waals surface area contributed by atoms with E-state index in [9.17, 15) is 10.2 Å². The van der Waals surface area contributed by atoms with Crippen LogP contribution >= 0.6 is 0 Å². The Morgan fingerprint density at radius 3 is 2.59 bits per heavy atom. The second-order valence-electron chi connectivity index (χ2n) is 7.99. The Kier molecular flexibility index (Phi) is 6.47. The van der Waals surface area contributed by atoms with E-state index in [1.54, 1.807) is 0 Å². The van der Waals surface area contributed by atoms with Gasteiger partial charge in [0, 0.05) is 30.3 Å². The van der Waals surface area contributed by atoms with Gasteiger partial charge in [-0.3, -0.25) is 4.90 Å². The highest BCUT2D eigenvalue weighted by molar-refractivity contribution is 5.41. The molecule has 2 aliphatic rings. The van der Waals surface area contributed by atoms with Crippen molar-refractivity contribution < 1.29 is 19.7 Å². The number of hydrogen-bond donors (Lipinski definition) is 3. The molecule has 2 saturated heterocycles. The summed E-state index contributed by atoms with van der Waals surface area (Å²) in [6.07, 6.45) is 2.28. The average Bonchev–Trinajstić information content (AvgIpc) is 3.20. The van der Waals surface area contributed by atoms with Crippen LogP contribution in [0.3, 0.4) is 0 Å². The molecule has 0 bridgehead atoms. The molecule has 29 heavy (non-hydrogen) atoms. The summed E-state index contributed by atoms with van der Waals surface area (Å²) < 4.78 is 12.7. The highest BCUT2D eigenvalue weighted by Crippen LogP contribution is 2.39. The molecule has 0 radical (unpaired) electrons. The van der Waals surface area contributed by atoms with E-state index in [1.807, 2.05) is 48.5 Å². The van der Waals surface area contributed by atoms with Crippen LogP contribution < -0.4 is 5.73 Å². The quantitative estimate of drug-likeness (QED) is 0.649. The first kappa shape index (κ1) is 20.3. The van der Waals surface area contributed by atoms with Crippen molar-refractivity contribution in [2.45, 2.75) is 50.4 Å². The zero-order chi connectivity index (χ0) is 20.2. The van der Waals surface area contributed by atoms with Crippen molar-refractivity contribution in [3.8, 4) is 0 Å². The number of benzene rings is 2. The maximum Gasteiger partial charge on any atom is 0.185 e. The van der Waals surface area contributed by atoms with E-state index in [4.69, 9.17) is 15.2 Å². The predicted molar refractivity (Wildman–Crippen MR) is 111 cm³/mol. The molecule has 156 valence electrons. The summed E-state index contributed by atoms with van der Waals surface area (Å²) in [5.74, 6) is 0. The summed E-state index contributed by atoms with van der Waals surface area (Å²) in [6.45, 7) is 1.98. The first-order valence-corrected chi connectivity index (χ1v) is 10.4. The Morgan fingerprint density at radius 2 is 1.86 bits per heavy atom. The SMILES string of the molecule is Nc1cccc([C@@H]2O[C@H](CN3CCC[C@@H]3CO)C[C@H](c3ccc(CO)cc3)O2)c1. The normalized spacial score (nSPS) is 27.9. The lowest BCUT2D eigenvalue weighted by atomic mass is 9.99. The maximum atomic E-state index is 9.66. The molecule has 2 aromatic carbocycles. The van der Waals surface area contributed by atoms with Crippen LogP contribution in [0.5, 0.6) is 0 Å². The number of likely N-dealkylation sites (tertiary alicyclic amines) is 1. The van der Waals surface area contributed by atoms with E-state index in [-0.39, 0.29) is 31.5 Å². The van der Waals surface area contributed by atoms with E-state index in [2.05, 4.69) is 4.90 Å². The monoisotopic (exact) mass is 398 g/mol. The fourth-order valence-electron chi connectivity index (χ4n) is 4.34. The first-order chi connectivity index (χ1) is 14.2. The molecular weight excluding hydrogens is 368 g/mol. The second kappa shape index (κ2) is 9.24. The van der Waals surface area contributed by atoms with Crippen molar-refractivity contribution in [3.63, 3.8) is 0 Å². The second-order valence-corrected chi connectivity index (χ2v) is 7.99. The van der Waals surface area contributed by atoms with Gasteiger partial charge in [-0.25, -0.2) is 0 Å². The minimum atomic E-state index is -0.491. The van der Waals surface area contributed by atoms with E-state index in [0.29, 0.717) is 5.69 Å². The molecule has 0 amide bonds. The molecule has 4 rings (SSSR count). The van der Waals surface area contributed by atoms with Crippen molar-refractivity contribution in [1.82, 2.24) is 4.90 Å². The summed E-state index contributed by atoms with van der Waals surface area (Å²) in [4.78, 5) is 2.33. The Balaban J connectivity index is 1.55. The van der Waals surface area contributed by atoms with Crippen LogP contribution in [0.15, 0.2) is 48.5 Å². The standard InChI is InChI=1S/C23H30N2O4/c24-19-4-1-3-18(11-19)23-28-21(13-25-10-2-5-20(25)15-27)12-22(29-23)17-8-6-16(14-26)7-9-17/h1,3-4,6-9,11,20-23,26-27H,2,5,10,12-15,24H2/t20-,21+,22-,23-/m1/s1. The van der Waals surface area contributed by atoms with Crippen LogP contribution in [0.2, 0.25) is 0 Å². The van der Waals surface area contributed by atoms with E-state index in [1.165, 1.54) is 0 Å². The number of hydrogen-bond acceptors (Lipinski definition) is 6. The molecule has 2 aromatic rings. The lowest BCUT2D eigenvalue weighted by molar-refractivity contribution is -0.253. The van der Waals surface area contributed by atoms with Gasteiger partial charge in [0.15, 0.2) is 6.29 Å². The number of nitrogens with two attached hydrogens (primary N) is 1. The van der Waals surface area contributed by atoms with Crippen LogP contribution in [0, 0.1) is 0 Å². The first-order valence-electron chi connectivity index (χ1n) is 10.4. The number of aliphatic hydroxyl groups excluding tert-OH is 2. The van der Waals surface area contributed by atoms with Gasteiger partial charge in [-0.15, -0.1) is 0 Å². The minimum absolute atomic E-state index is 0.00940. The van der Waals surface area contributed by atoms with E-state index >= 15 is 0 Å². The molecule has 0 aromatic heterocycles. The topological polar surface area (TPSA) is 88.2 Å².